The van der Waals surface area contributed by atoms with E-state index in [1.165, 1.54) is 11.3 Å². The second kappa shape index (κ2) is 5.49. The van der Waals surface area contributed by atoms with Crippen LogP contribution in [0.15, 0.2) is 18.2 Å². The first-order valence-corrected chi connectivity index (χ1v) is 8.45. The monoisotopic (exact) mass is 293 g/mol. The van der Waals surface area contributed by atoms with Crippen LogP contribution < -0.4 is 14.8 Å². The quantitative estimate of drug-likeness (QED) is 0.925. The van der Waals surface area contributed by atoms with Crippen molar-refractivity contribution in [2.75, 3.05) is 19.4 Å². The van der Waals surface area contributed by atoms with Gasteiger partial charge in [0, 0.05) is 29.3 Å². The van der Waals surface area contributed by atoms with E-state index in [0.717, 1.165) is 30.9 Å². The van der Waals surface area contributed by atoms with Crippen LogP contribution >= 0.6 is 11.8 Å². The summed E-state index contributed by atoms with van der Waals surface area (Å²) in [5.74, 6) is 3.06. The van der Waals surface area contributed by atoms with Gasteiger partial charge in [-0.05, 0) is 31.7 Å². The molecule has 1 aromatic rings. The highest BCUT2D eigenvalue weighted by atomic mass is 32.2. The topological polar surface area (TPSA) is 30.5 Å². The molecule has 3 atom stereocenters. The molecule has 1 spiro atoms. The van der Waals surface area contributed by atoms with Crippen molar-refractivity contribution < 1.29 is 9.47 Å². The highest BCUT2D eigenvalue weighted by molar-refractivity contribution is 8.00. The Balaban J connectivity index is 1.99. The molecule has 2 aliphatic heterocycles. The molecule has 20 heavy (non-hydrogen) atoms. The fraction of sp³-hybridized carbons (Fsp3) is 0.625. The third kappa shape index (κ3) is 2.29. The van der Waals surface area contributed by atoms with Crippen molar-refractivity contribution in [2.24, 2.45) is 0 Å². The Kier molecular flexibility index (Phi) is 3.87. The molecule has 0 bridgehead atoms. The molecule has 2 aliphatic rings. The third-order valence-electron chi connectivity index (χ3n) is 4.54. The van der Waals surface area contributed by atoms with E-state index in [1.54, 1.807) is 7.11 Å². The number of fused-ring (bicyclic) bond motifs is 1. The Morgan fingerprint density at radius 2 is 2.35 bits per heavy atom. The maximum atomic E-state index is 6.47. The van der Waals surface area contributed by atoms with Gasteiger partial charge in [-0.1, -0.05) is 13.0 Å². The third-order valence-corrected chi connectivity index (χ3v) is 5.91. The molecular weight excluding hydrogens is 270 g/mol. The van der Waals surface area contributed by atoms with Crippen LogP contribution in [0.3, 0.4) is 0 Å². The Morgan fingerprint density at radius 3 is 3.00 bits per heavy atom. The zero-order valence-corrected chi connectivity index (χ0v) is 13.3. The van der Waals surface area contributed by atoms with Crippen LogP contribution in [0.4, 0.5) is 0 Å². The molecule has 0 aromatic heterocycles. The number of nitrogens with one attached hydrogen (secondary N) is 1. The molecule has 0 saturated carbocycles. The Hall–Kier alpha value is -0.870. The number of ether oxygens (including phenoxy) is 2. The summed E-state index contributed by atoms with van der Waals surface area (Å²) in [5.41, 5.74) is 1.25. The summed E-state index contributed by atoms with van der Waals surface area (Å²) in [6.45, 7) is 5.44. The predicted molar refractivity (Wildman–Crippen MR) is 83.9 cm³/mol. The summed E-state index contributed by atoms with van der Waals surface area (Å²) in [5, 5.41) is 4.16. The molecule has 3 nitrogen and oxygen atoms in total. The first kappa shape index (κ1) is 14.1. The predicted octanol–water partition coefficient (Wildman–Crippen LogP) is 3.39. The Bertz CT molecular complexity index is 493. The summed E-state index contributed by atoms with van der Waals surface area (Å²) in [6.07, 6.45) is 2.20. The van der Waals surface area contributed by atoms with Gasteiger partial charge in [0.1, 0.15) is 17.1 Å². The fourth-order valence-corrected chi connectivity index (χ4v) is 4.71. The molecule has 3 unspecified atom stereocenters. The second-order valence-corrected chi connectivity index (χ2v) is 7.10. The lowest BCUT2D eigenvalue weighted by molar-refractivity contribution is 0.0353. The number of methoxy groups -OCH3 is 1. The normalized spacial score (nSPS) is 31.9. The minimum atomic E-state index is -0.0170. The molecule has 0 amide bonds. The number of hydrogen-bond acceptors (Lipinski definition) is 4. The van der Waals surface area contributed by atoms with E-state index in [1.807, 2.05) is 23.9 Å². The Morgan fingerprint density at radius 1 is 1.50 bits per heavy atom. The standard InChI is InChI=1S/C16H23NO2S/c1-4-17-14-10-16(7-8-20-11(16)2)19-15-9-12(18-3)5-6-13(14)15/h5-6,9,11,14,17H,4,7-8,10H2,1-3H3. The van der Waals surface area contributed by atoms with Crippen molar-refractivity contribution >= 4 is 11.8 Å². The van der Waals surface area contributed by atoms with Gasteiger partial charge in [0.2, 0.25) is 0 Å². The zero-order valence-electron chi connectivity index (χ0n) is 12.4. The van der Waals surface area contributed by atoms with Crippen LogP contribution in [-0.4, -0.2) is 30.3 Å². The van der Waals surface area contributed by atoms with E-state index in [4.69, 9.17) is 9.47 Å². The van der Waals surface area contributed by atoms with Gasteiger partial charge in [0.25, 0.3) is 0 Å². The first-order chi connectivity index (χ1) is 9.68. The van der Waals surface area contributed by atoms with Crippen molar-refractivity contribution in [1.82, 2.24) is 5.32 Å². The fourth-order valence-electron chi connectivity index (χ4n) is 3.33. The molecule has 2 heterocycles. The number of hydrogen-bond donors (Lipinski definition) is 1. The van der Waals surface area contributed by atoms with Crippen LogP contribution in [0, 0.1) is 0 Å². The zero-order chi connectivity index (χ0) is 14.2. The van der Waals surface area contributed by atoms with Gasteiger partial charge in [-0.2, -0.15) is 11.8 Å². The van der Waals surface area contributed by atoms with E-state index < -0.39 is 0 Å². The number of rotatable bonds is 3. The maximum absolute atomic E-state index is 6.47. The molecule has 4 heteroatoms. The van der Waals surface area contributed by atoms with Crippen LogP contribution in [0.25, 0.3) is 0 Å². The summed E-state index contributed by atoms with van der Waals surface area (Å²) in [4.78, 5) is 0. The average Bonchev–Trinajstić information content (AvgIpc) is 2.79. The first-order valence-electron chi connectivity index (χ1n) is 7.40. The van der Waals surface area contributed by atoms with Gasteiger partial charge in [0.05, 0.1) is 7.11 Å². The summed E-state index contributed by atoms with van der Waals surface area (Å²) < 4.78 is 11.8. The smallest absolute Gasteiger partial charge is 0.128 e. The lowest BCUT2D eigenvalue weighted by Crippen LogP contribution is -2.47. The molecule has 1 N–H and O–H groups in total. The molecular formula is C16H23NO2S. The SMILES string of the molecule is CCNC1CC2(CCSC2C)Oc2cc(OC)ccc21. The molecule has 3 rings (SSSR count). The van der Waals surface area contributed by atoms with Crippen LogP contribution in [0.2, 0.25) is 0 Å². The van der Waals surface area contributed by atoms with Crippen LogP contribution in [0.5, 0.6) is 11.5 Å². The molecule has 0 radical (unpaired) electrons. The van der Waals surface area contributed by atoms with Gasteiger partial charge < -0.3 is 14.8 Å². The second-order valence-electron chi connectivity index (χ2n) is 5.65. The van der Waals surface area contributed by atoms with Crippen LogP contribution in [-0.2, 0) is 0 Å². The maximum Gasteiger partial charge on any atom is 0.128 e. The van der Waals surface area contributed by atoms with E-state index >= 15 is 0 Å². The summed E-state index contributed by atoms with van der Waals surface area (Å²) in [6, 6.07) is 6.59. The lowest BCUT2D eigenvalue weighted by atomic mass is 9.83. The molecule has 110 valence electrons. The van der Waals surface area contributed by atoms with Crippen molar-refractivity contribution in [3.63, 3.8) is 0 Å². The van der Waals surface area contributed by atoms with Gasteiger partial charge in [-0.3, -0.25) is 0 Å². The van der Waals surface area contributed by atoms with E-state index in [9.17, 15) is 0 Å². The number of thioether (sulfide) groups is 1. The molecule has 1 aromatic carbocycles. The van der Waals surface area contributed by atoms with Crippen molar-refractivity contribution in [3.8, 4) is 11.5 Å². The molecule has 1 saturated heterocycles. The molecule has 0 aliphatic carbocycles. The van der Waals surface area contributed by atoms with Crippen LogP contribution in [0.1, 0.15) is 38.3 Å². The lowest BCUT2D eigenvalue weighted by Gasteiger charge is -2.42. The van der Waals surface area contributed by atoms with E-state index in [2.05, 4.69) is 25.2 Å². The van der Waals surface area contributed by atoms with Gasteiger partial charge in [-0.15, -0.1) is 0 Å². The van der Waals surface area contributed by atoms with E-state index in [-0.39, 0.29) is 5.60 Å². The van der Waals surface area contributed by atoms with Gasteiger partial charge >= 0.3 is 0 Å². The van der Waals surface area contributed by atoms with Gasteiger partial charge in [0.15, 0.2) is 0 Å². The van der Waals surface area contributed by atoms with Crippen molar-refractivity contribution in [1.29, 1.82) is 0 Å². The van der Waals surface area contributed by atoms with Gasteiger partial charge in [-0.25, -0.2) is 0 Å². The highest BCUT2D eigenvalue weighted by Crippen LogP contribution is 2.50. The highest BCUT2D eigenvalue weighted by Gasteiger charge is 2.48. The molecule has 1 fully saturated rings. The summed E-state index contributed by atoms with van der Waals surface area (Å²) in [7, 11) is 1.70. The van der Waals surface area contributed by atoms with Crippen molar-refractivity contribution in [2.45, 2.75) is 43.6 Å². The minimum Gasteiger partial charge on any atom is -0.497 e. The number of benzene rings is 1. The largest absolute Gasteiger partial charge is 0.497 e. The minimum absolute atomic E-state index is 0.0170. The van der Waals surface area contributed by atoms with Crippen molar-refractivity contribution in [3.05, 3.63) is 23.8 Å². The van der Waals surface area contributed by atoms with E-state index in [0.29, 0.717) is 11.3 Å². The summed E-state index contributed by atoms with van der Waals surface area (Å²) >= 11 is 2.02. The Labute approximate surface area is 125 Å². The average molecular weight is 293 g/mol.